The number of nitrogens with one attached hydrogen (secondary N) is 1. The molecule has 1 aromatic carbocycles. The number of para-hydroxylation sites is 1. The van der Waals surface area contributed by atoms with E-state index < -0.39 is 0 Å². The lowest BCUT2D eigenvalue weighted by atomic mass is 10.1. The van der Waals surface area contributed by atoms with Crippen LogP contribution in [-0.4, -0.2) is 42.6 Å². The van der Waals surface area contributed by atoms with Gasteiger partial charge in [0.05, 0.1) is 19.3 Å². The van der Waals surface area contributed by atoms with E-state index in [0.29, 0.717) is 25.7 Å². The molecule has 2 unspecified atom stereocenters. The summed E-state index contributed by atoms with van der Waals surface area (Å²) in [4.78, 5) is 14.5. The van der Waals surface area contributed by atoms with Crippen LogP contribution in [-0.2, 0) is 16.1 Å². The number of morpholine rings is 1. The number of ether oxygens (including phenoxy) is 1. The van der Waals surface area contributed by atoms with Gasteiger partial charge in [-0.25, -0.2) is 0 Å². The molecule has 116 valence electrons. The van der Waals surface area contributed by atoms with Gasteiger partial charge in [-0.15, -0.1) is 0 Å². The predicted molar refractivity (Wildman–Crippen MR) is 84.0 cm³/mol. The molecular weight excluding hydrogens is 266 g/mol. The lowest BCUT2D eigenvalue weighted by Gasteiger charge is -2.37. The van der Waals surface area contributed by atoms with Crippen molar-refractivity contribution in [1.82, 2.24) is 4.90 Å². The van der Waals surface area contributed by atoms with Gasteiger partial charge >= 0.3 is 0 Å². The number of nitrogens with zero attached hydrogens (tertiary/aromatic N) is 1. The molecule has 1 fully saturated rings. The molecule has 0 aliphatic carbocycles. The summed E-state index contributed by atoms with van der Waals surface area (Å²) in [6.07, 6.45) is 1.16. The Balaban J connectivity index is 1.97. The fourth-order valence-corrected chi connectivity index (χ4v) is 2.68. The van der Waals surface area contributed by atoms with Crippen LogP contribution in [0.5, 0.6) is 0 Å². The third kappa shape index (κ3) is 4.27. The van der Waals surface area contributed by atoms with Crippen LogP contribution >= 0.6 is 0 Å². The van der Waals surface area contributed by atoms with Gasteiger partial charge in [0.15, 0.2) is 0 Å². The molecule has 0 radical (unpaired) electrons. The Morgan fingerprint density at radius 3 is 2.95 bits per heavy atom. The summed E-state index contributed by atoms with van der Waals surface area (Å²) in [5.74, 6) is 0.00319. The van der Waals surface area contributed by atoms with E-state index in [-0.39, 0.29) is 12.0 Å². The number of hydrogen-bond acceptors (Lipinski definition) is 4. The second-order valence-electron chi connectivity index (χ2n) is 5.54. The zero-order valence-electron chi connectivity index (χ0n) is 12.8. The molecule has 2 rings (SSSR count). The molecule has 1 aliphatic heterocycles. The number of rotatable bonds is 5. The second kappa shape index (κ2) is 7.54. The van der Waals surface area contributed by atoms with Gasteiger partial charge in [-0.1, -0.05) is 25.1 Å². The maximum Gasteiger partial charge on any atom is 0.238 e. The van der Waals surface area contributed by atoms with Gasteiger partial charge in [-0.05, 0) is 25.0 Å². The number of carbonyl (C=O) groups is 1. The Kier molecular flexibility index (Phi) is 5.73. The summed E-state index contributed by atoms with van der Waals surface area (Å²) in [7, 11) is 0. The van der Waals surface area contributed by atoms with E-state index in [1.54, 1.807) is 0 Å². The first-order valence-corrected chi connectivity index (χ1v) is 7.57. The van der Waals surface area contributed by atoms with Crippen molar-refractivity contribution < 1.29 is 9.53 Å². The van der Waals surface area contributed by atoms with Crippen molar-refractivity contribution in [2.24, 2.45) is 5.73 Å². The summed E-state index contributed by atoms with van der Waals surface area (Å²) in [5, 5.41) is 2.97. The van der Waals surface area contributed by atoms with Crippen molar-refractivity contribution >= 4 is 11.6 Å². The lowest BCUT2D eigenvalue weighted by molar-refractivity contribution is -0.121. The van der Waals surface area contributed by atoms with E-state index in [4.69, 9.17) is 10.5 Å². The monoisotopic (exact) mass is 291 g/mol. The van der Waals surface area contributed by atoms with Crippen LogP contribution in [0.2, 0.25) is 0 Å². The number of amides is 1. The van der Waals surface area contributed by atoms with E-state index in [0.717, 1.165) is 24.2 Å². The number of carbonyl (C=O) groups excluding carboxylic acids is 1. The van der Waals surface area contributed by atoms with Gasteiger partial charge in [0.2, 0.25) is 5.91 Å². The average molecular weight is 291 g/mol. The number of benzene rings is 1. The Morgan fingerprint density at radius 2 is 2.24 bits per heavy atom. The number of anilines is 1. The van der Waals surface area contributed by atoms with Crippen LogP contribution in [0.4, 0.5) is 5.69 Å². The molecule has 0 bridgehead atoms. The van der Waals surface area contributed by atoms with E-state index in [2.05, 4.69) is 17.1 Å². The minimum Gasteiger partial charge on any atom is -0.376 e. The molecule has 0 spiro atoms. The van der Waals surface area contributed by atoms with Gasteiger partial charge in [0.25, 0.3) is 0 Å². The van der Waals surface area contributed by atoms with Crippen molar-refractivity contribution in [3.8, 4) is 0 Å². The zero-order valence-corrected chi connectivity index (χ0v) is 12.8. The highest BCUT2D eigenvalue weighted by Gasteiger charge is 2.27. The number of nitrogens with two attached hydrogens (primary N) is 1. The Bertz CT molecular complexity index is 478. The molecule has 2 atom stereocenters. The van der Waals surface area contributed by atoms with Crippen molar-refractivity contribution in [1.29, 1.82) is 0 Å². The van der Waals surface area contributed by atoms with E-state index in [1.807, 2.05) is 31.2 Å². The Hall–Kier alpha value is -1.43. The highest BCUT2D eigenvalue weighted by atomic mass is 16.5. The maximum atomic E-state index is 12.3. The quantitative estimate of drug-likeness (QED) is 0.864. The van der Waals surface area contributed by atoms with Crippen LogP contribution < -0.4 is 11.1 Å². The molecule has 3 N–H and O–H groups in total. The normalized spacial score (nSPS) is 23.0. The minimum absolute atomic E-state index is 0.00319. The third-order valence-electron chi connectivity index (χ3n) is 3.91. The summed E-state index contributed by atoms with van der Waals surface area (Å²) in [6.45, 7) is 6.47. The van der Waals surface area contributed by atoms with Gasteiger partial charge < -0.3 is 15.8 Å². The standard InChI is InChI=1S/C16H25N3O2/c1-3-14-11-21-12(2)9-19(14)10-16(20)18-15-7-5-4-6-13(15)8-17/h4-7,12,14H,3,8-11,17H2,1-2H3,(H,18,20). The van der Waals surface area contributed by atoms with Crippen molar-refractivity contribution in [2.75, 3.05) is 25.0 Å². The molecule has 0 saturated carbocycles. The molecule has 1 saturated heterocycles. The van der Waals surface area contributed by atoms with Crippen LogP contribution in [0.25, 0.3) is 0 Å². The molecular formula is C16H25N3O2. The second-order valence-corrected chi connectivity index (χ2v) is 5.54. The van der Waals surface area contributed by atoms with Crippen LogP contribution in [0, 0.1) is 0 Å². The molecule has 5 heteroatoms. The zero-order chi connectivity index (χ0) is 15.2. The van der Waals surface area contributed by atoms with E-state index in [1.165, 1.54) is 0 Å². The predicted octanol–water partition coefficient (Wildman–Crippen LogP) is 1.58. The lowest BCUT2D eigenvalue weighted by Crippen LogP contribution is -2.51. The largest absolute Gasteiger partial charge is 0.376 e. The summed E-state index contributed by atoms with van der Waals surface area (Å²) in [6, 6.07) is 7.96. The Labute approximate surface area is 126 Å². The first kappa shape index (κ1) is 15.9. The molecule has 1 aromatic rings. The smallest absolute Gasteiger partial charge is 0.238 e. The minimum atomic E-state index is 0.00319. The van der Waals surface area contributed by atoms with E-state index in [9.17, 15) is 4.79 Å². The molecule has 1 amide bonds. The van der Waals surface area contributed by atoms with Crippen LogP contribution in [0.3, 0.4) is 0 Å². The Morgan fingerprint density at radius 1 is 1.48 bits per heavy atom. The van der Waals surface area contributed by atoms with Gasteiger partial charge in [0, 0.05) is 24.8 Å². The topological polar surface area (TPSA) is 67.6 Å². The number of hydrogen-bond donors (Lipinski definition) is 2. The third-order valence-corrected chi connectivity index (χ3v) is 3.91. The summed E-state index contributed by atoms with van der Waals surface area (Å²) >= 11 is 0. The van der Waals surface area contributed by atoms with Crippen molar-refractivity contribution in [3.63, 3.8) is 0 Å². The van der Waals surface area contributed by atoms with Gasteiger partial charge in [-0.2, -0.15) is 0 Å². The highest BCUT2D eigenvalue weighted by Crippen LogP contribution is 2.16. The highest BCUT2D eigenvalue weighted by molar-refractivity contribution is 5.93. The van der Waals surface area contributed by atoms with Gasteiger partial charge in [-0.3, -0.25) is 9.69 Å². The summed E-state index contributed by atoms with van der Waals surface area (Å²) in [5.41, 5.74) is 7.45. The van der Waals surface area contributed by atoms with E-state index >= 15 is 0 Å². The SMILES string of the molecule is CCC1COC(C)CN1CC(=O)Nc1ccccc1CN. The summed E-state index contributed by atoms with van der Waals surface area (Å²) < 4.78 is 5.66. The fourth-order valence-electron chi connectivity index (χ4n) is 2.68. The molecule has 5 nitrogen and oxygen atoms in total. The first-order chi connectivity index (χ1) is 10.1. The first-order valence-electron chi connectivity index (χ1n) is 7.57. The van der Waals surface area contributed by atoms with Gasteiger partial charge in [0.1, 0.15) is 0 Å². The van der Waals surface area contributed by atoms with Crippen LogP contribution in [0.15, 0.2) is 24.3 Å². The fraction of sp³-hybridized carbons (Fsp3) is 0.562. The molecule has 21 heavy (non-hydrogen) atoms. The van der Waals surface area contributed by atoms with Crippen molar-refractivity contribution in [2.45, 2.75) is 39.0 Å². The maximum absolute atomic E-state index is 12.3. The molecule has 1 heterocycles. The molecule has 0 aromatic heterocycles. The molecule has 1 aliphatic rings. The van der Waals surface area contributed by atoms with Crippen LogP contribution in [0.1, 0.15) is 25.8 Å². The average Bonchev–Trinajstić information content (AvgIpc) is 2.48. The van der Waals surface area contributed by atoms with Crippen molar-refractivity contribution in [3.05, 3.63) is 29.8 Å².